The zero-order valence-electron chi connectivity index (χ0n) is 10.6. The maximum Gasteiger partial charge on any atom is 0.534 e. The largest absolute Gasteiger partial charge is 0.534 e. The van der Waals surface area contributed by atoms with Gasteiger partial charge in [-0.15, -0.1) is 0 Å². The normalized spacial score (nSPS) is 26.1. The summed E-state index contributed by atoms with van der Waals surface area (Å²) < 4.78 is 89.7. The van der Waals surface area contributed by atoms with Crippen molar-refractivity contribution in [1.82, 2.24) is 0 Å². The molecule has 0 amide bonds. The van der Waals surface area contributed by atoms with Crippen molar-refractivity contribution in [1.29, 1.82) is 0 Å². The highest BCUT2D eigenvalue weighted by Gasteiger charge is 2.50. The molecule has 3 aliphatic carbocycles. The van der Waals surface area contributed by atoms with Gasteiger partial charge >= 0.3 is 25.7 Å². The number of allylic oxidation sites excluding steroid dienone is 2. The molecule has 120 valence electrons. The summed E-state index contributed by atoms with van der Waals surface area (Å²) in [5.74, 6) is -1.66. The highest BCUT2D eigenvalue weighted by Crippen LogP contribution is 2.42. The van der Waals surface area contributed by atoms with E-state index in [4.69, 9.17) is 4.18 Å². The van der Waals surface area contributed by atoms with Crippen LogP contribution in [0, 0.1) is 11.8 Å². The summed E-state index contributed by atoms with van der Waals surface area (Å²) in [5.41, 5.74) is -5.51. The van der Waals surface area contributed by atoms with Gasteiger partial charge in [-0.25, -0.2) is 0 Å². The predicted molar refractivity (Wildman–Crippen MR) is 64.4 cm³/mol. The van der Waals surface area contributed by atoms with Crippen molar-refractivity contribution in [2.24, 2.45) is 11.8 Å². The number of rotatable bonds is 4. The molecule has 21 heavy (non-hydrogen) atoms. The molecule has 0 aromatic heterocycles. The molecule has 0 fully saturated rings. The fourth-order valence-corrected chi connectivity index (χ4v) is 3.20. The van der Waals surface area contributed by atoms with Crippen molar-refractivity contribution in [3.63, 3.8) is 0 Å². The quantitative estimate of drug-likeness (QED) is 0.567. The second-order valence-corrected chi connectivity index (χ2v) is 7.81. The lowest BCUT2D eigenvalue weighted by Crippen LogP contribution is -2.30. The summed E-state index contributed by atoms with van der Waals surface area (Å²) in [7, 11) is -9.49. The van der Waals surface area contributed by atoms with Crippen LogP contribution >= 0.6 is 0 Å². The smallest absolute Gasteiger partial charge is 0.387 e. The Balaban J connectivity index is 2.20. The van der Waals surface area contributed by atoms with E-state index < -0.39 is 37.6 Å². The molecule has 3 rings (SSSR count). The topological polar surface area (TPSA) is 86.7 Å². The average molecular weight is 348 g/mol. The van der Waals surface area contributed by atoms with Gasteiger partial charge in [0.1, 0.15) is 11.5 Å². The minimum atomic E-state index is -5.73. The summed E-state index contributed by atoms with van der Waals surface area (Å²) >= 11 is 0. The van der Waals surface area contributed by atoms with E-state index in [0.717, 1.165) is 12.3 Å². The Bertz CT molecular complexity index is 702. The molecule has 0 saturated carbocycles. The van der Waals surface area contributed by atoms with Gasteiger partial charge in [-0.05, 0) is 25.0 Å². The van der Waals surface area contributed by atoms with Crippen LogP contribution in [0.4, 0.5) is 13.2 Å². The van der Waals surface area contributed by atoms with Crippen molar-refractivity contribution < 1.29 is 38.4 Å². The first kappa shape index (κ1) is 16.1. The fraction of sp³-hybridized carbons (Fsp3) is 0.600. The molecule has 3 aliphatic rings. The lowest BCUT2D eigenvalue weighted by molar-refractivity contribution is -0.0527. The Hall–Kier alpha value is -1.23. The first-order chi connectivity index (χ1) is 9.39. The van der Waals surface area contributed by atoms with Crippen LogP contribution in [0.15, 0.2) is 23.7 Å². The van der Waals surface area contributed by atoms with Crippen LogP contribution in [0.1, 0.15) is 12.8 Å². The molecule has 2 atom stereocenters. The molecule has 6 nitrogen and oxygen atoms in total. The predicted octanol–water partition coefficient (Wildman–Crippen LogP) is 1.64. The van der Waals surface area contributed by atoms with Gasteiger partial charge in [0.2, 0.25) is 0 Å². The minimum Gasteiger partial charge on any atom is -0.387 e. The van der Waals surface area contributed by atoms with Crippen LogP contribution in [0.3, 0.4) is 0 Å². The number of halogens is 3. The first-order valence-electron chi connectivity index (χ1n) is 5.73. The number of hydrogen-bond acceptors (Lipinski definition) is 6. The highest BCUT2D eigenvalue weighted by atomic mass is 32.2. The second kappa shape index (κ2) is 4.90. The molecular weight excluding hydrogens is 337 g/mol. The third-order valence-corrected chi connectivity index (χ3v) is 4.46. The Morgan fingerprint density at radius 1 is 1.00 bits per heavy atom. The van der Waals surface area contributed by atoms with Crippen LogP contribution in [0.2, 0.25) is 0 Å². The van der Waals surface area contributed by atoms with Crippen LogP contribution in [-0.4, -0.2) is 28.6 Å². The van der Waals surface area contributed by atoms with Gasteiger partial charge in [0, 0.05) is 11.8 Å². The summed E-state index contributed by atoms with van der Waals surface area (Å²) in [4.78, 5) is 0. The molecule has 0 saturated heterocycles. The molecule has 0 aliphatic heterocycles. The van der Waals surface area contributed by atoms with Gasteiger partial charge in [0.15, 0.2) is 0 Å². The van der Waals surface area contributed by atoms with Crippen LogP contribution in [0.5, 0.6) is 0 Å². The van der Waals surface area contributed by atoms with E-state index in [1.807, 2.05) is 0 Å². The monoisotopic (exact) mass is 348 g/mol. The molecular formula is C10H11F3O6S2. The summed E-state index contributed by atoms with van der Waals surface area (Å²) in [6, 6.07) is 0. The lowest BCUT2D eigenvalue weighted by atomic mass is 9.79. The molecule has 0 aromatic carbocycles. The molecule has 0 spiro atoms. The third kappa shape index (κ3) is 3.51. The van der Waals surface area contributed by atoms with Crippen molar-refractivity contribution in [2.75, 3.05) is 6.26 Å². The SMILES string of the molecule is CS(=O)(=O)OC1=CC2CCC1C=C2OS(=O)(=O)C(F)(F)F. The molecule has 2 unspecified atom stereocenters. The minimum absolute atomic E-state index is 0.0745. The summed E-state index contributed by atoms with van der Waals surface area (Å²) in [6.45, 7) is 0. The van der Waals surface area contributed by atoms with Crippen molar-refractivity contribution in [3.8, 4) is 0 Å². The van der Waals surface area contributed by atoms with E-state index in [2.05, 4.69) is 4.18 Å². The highest BCUT2D eigenvalue weighted by molar-refractivity contribution is 7.87. The van der Waals surface area contributed by atoms with Gasteiger partial charge < -0.3 is 8.37 Å². The maximum absolute atomic E-state index is 12.3. The van der Waals surface area contributed by atoms with Gasteiger partial charge in [-0.2, -0.15) is 30.0 Å². The van der Waals surface area contributed by atoms with Crippen molar-refractivity contribution in [3.05, 3.63) is 23.7 Å². The Morgan fingerprint density at radius 3 is 1.76 bits per heavy atom. The van der Waals surface area contributed by atoms with Crippen LogP contribution < -0.4 is 0 Å². The van der Waals surface area contributed by atoms with Gasteiger partial charge in [-0.3, -0.25) is 0 Å². The molecule has 0 aromatic rings. The third-order valence-electron chi connectivity index (χ3n) is 2.99. The Labute approximate surface area is 119 Å². The first-order valence-corrected chi connectivity index (χ1v) is 8.95. The van der Waals surface area contributed by atoms with Crippen LogP contribution in [0.25, 0.3) is 0 Å². The molecule has 0 radical (unpaired) electrons. The standard InChI is InChI=1S/C10H11F3O6S2/c1-20(14,15)18-8-4-7-3-2-6(8)5-9(7)19-21(16,17)10(11,12)13/h4-7H,2-3H2,1H3. The summed E-state index contributed by atoms with van der Waals surface area (Å²) in [6.07, 6.45) is 4.05. The number of hydrogen-bond donors (Lipinski definition) is 0. The van der Waals surface area contributed by atoms with E-state index >= 15 is 0 Å². The van der Waals surface area contributed by atoms with E-state index in [1.165, 1.54) is 6.08 Å². The number of alkyl halides is 3. The molecule has 11 heteroatoms. The fourth-order valence-electron chi connectivity index (χ4n) is 2.15. The van der Waals surface area contributed by atoms with E-state index in [1.54, 1.807) is 0 Å². The van der Waals surface area contributed by atoms with E-state index in [0.29, 0.717) is 12.8 Å². The maximum atomic E-state index is 12.3. The van der Waals surface area contributed by atoms with E-state index in [9.17, 15) is 30.0 Å². The summed E-state index contributed by atoms with van der Waals surface area (Å²) in [5, 5.41) is 0. The zero-order chi connectivity index (χ0) is 16.1. The molecule has 0 heterocycles. The lowest BCUT2D eigenvalue weighted by Gasteiger charge is -2.32. The van der Waals surface area contributed by atoms with E-state index in [-0.39, 0.29) is 11.5 Å². The average Bonchev–Trinajstić information content (AvgIpc) is 2.26. The van der Waals surface area contributed by atoms with Crippen LogP contribution in [-0.2, 0) is 28.6 Å². The second-order valence-electron chi connectivity index (χ2n) is 4.70. The van der Waals surface area contributed by atoms with Gasteiger partial charge in [0.25, 0.3) is 0 Å². The van der Waals surface area contributed by atoms with Crippen molar-refractivity contribution in [2.45, 2.75) is 18.3 Å². The molecule has 0 N–H and O–H groups in total. The van der Waals surface area contributed by atoms with Gasteiger partial charge in [0.05, 0.1) is 6.26 Å². The Morgan fingerprint density at radius 2 is 1.43 bits per heavy atom. The zero-order valence-corrected chi connectivity index (χ0v) is 12.3. The van der Waals surface area contributed by atoms with Crippen molar-refractivity contribution >= 4 is 20.2 Å². The number of fused-ring (bicyclic) bond motifs is 1. The molecule has 2 bridgehead atoms. The Kier molecular flexibility index (Phi) is 3.77. The van der Waals surface area contributed by atoms with Gasteiger partial charge in [-0.1, -0.05) is 0 Å².